The van der Waals surface area contributed by atoms with E-state index in [0.717, 1.165) is 0 Å². The Morgan fingerprint density at radius 2 is 2.00 bits per heavy atom. The number of Topliss-reactive ketones (excluding diaryl/α,β-unsaturated/α-hetero) is 1. The summed E-state index contributed by atoms with van der Waals surface area (Å²) in [6.07, 6.45) is 3.12. The van der Waals surface area contributed by atoms with Gasteiger partial charge in [0.15, 0.2) is 11.6 Å². The number of aliphatic hydroxyl groups excluding tert-OH is 1. The Balaban J connectivity index is 1.79. The zero-order chi connectivity index (χ0) is 23.7. The standard InChI is InChI=1S/C23H18FN3O6/c1-12(29)19-9-17(20-8-15(33-23(25)31)2-4-27(19)20)22(30)26-18-7-13(10-28)6-16(21(18)24)14-3-5-32-11-14/h2-9,11,28H,10H2,1H3,(H2,25,31)(H,26,30). The molecule has 1 aromatic carbocycles. The van der Waals surface area contributed by atoms with Crippen molar-refractivity contribution in [3.8, 4) is 16.9 Å². The van der Waals surface area contributed by atoms with E-state index >= 15 is 4.39 Å². The average Bonchev–Trinajstić information content (AvgIpc) is 3.42. The number of hydrogen-bond acceptors (Lipinski definition) is 6. The molecule has 0 unspecified atom stereocenters. The van der Waals surface area contributed by atoms with Crippen molar-refractivity contribution in [1.82, 2.24) is 4.40 Å². The van der Waals surface area contributed by atoms with Crippen molar-refractivity contribution in [3.05, 3.63) is 77.8 Å². The number of nitrogens with zero attached hydrogens (tertiary/aromatic N) is 1. The minimum Gasteiger partial charge on any atom is -0.472 e. The third kappa shape index (κ3) is 4.19. The van der Waals surface area contributed by atoms with Crippen LogP contribution in [0, 0.1) is 5.82 Å². The molecule has 0 fully saturated rings. The molecule has 4 aromatic rings. The highest BCUT2D eigenvalue weighted by atomic mass is 19.1. The van der Waals surface area contributed by atoms with Crippen LogP contribution in [-0.2, 0) is 6.61 Å². The molecule has 0 aliphatic heterocycles. The maximum absolute atomic E-state index is 15.2. The van der Waals surface area contributed by atoms with Gasteiger partial charge in [-0.15, -0.1) is 0 Å². The van der Waals surface area contributed by atoms with E-state index in [9.17, 15) is 19.5 Å². The highest BCUT2D eigenvalue weighted by Crippen LogP contribution is 2.31. The number of primary amides is 1. The molecule has 0 saturated carbocycles. The molecule has 2 amide bonds. The number of aliphatic hydroxyl groups is 1. The number of fused-ring (bicyclic) bond motifs is 1. The fourth-order valence-corrected chi connectivity index (χ4v) is 3.50. The number of hydrogen-bond donors (Lipinski definition) is 3. The molecule has 0 aliphatic carbocycles. The van der Waals surface area contributed by atoms with Gasteiger partial charge in [0.25, 0.3) is 5.91 Å². The summed E-state index contributed by atoms with van der Waals surface area (Å²) in [6, 6.07) is 8.43. The molecule has 0 aliphatic rings. The van der Waals surface area contributed by atoms with Crippen LogP contribution in [0.5, 0.6) is 5.75 Å². The van der Waals surface area contributed by atoms with Crippen molar-refractivity contribution in [2.24, 2.45) is 5.73 Å². The van der Waals surface area contributed by atoms with Gasteiger partial charge in [-0.3, -0.25) is 9.59 Å². The molecule has 0 bridgehead atoms. The van der Waals surface area contributed by atoms with Crippen LogP contribution in [0.25, 0.3) is 16.6 Å². The number of ketones is 1. The van der Waals surface area contributed by atoms with Crippen molar-refractivity contribution >= 4 is 29.0 Å². The lowest BCUT2D eigenvalue weighted by Gasteiger charge is -2.12. The largest absolute Gasteiger partial charge is 0.472 e. The van der Waals surface area contributed by atoms with E-state index < -0.39 is 17.8 Å². The van der Waals surface area contributed by atoms with Crippen LogP contribution >= 0.6 is 0 Å². The van der Waals surface area contributed by atoms with Gasteiger partial charge < -0.3 is 29.7 Å². The highest BCUT2D eigenvalue weighted by Gasteiger charge is 2.21. The number of nitrogens with two attached hydrogens (primary N) is 1. The van der Waals surface area contributed by atoms with Crippen molar-refractivity contribution in [2.75, 3.05) is 5.32 Å². The molecular weight excluding hydrogens is 433 g/mol. The first-order valence-corrected chi connectivity index (χ1v) is 9.69. The number of anilines is 1. The molecule has 3 heterocycles. The number of benzene rings is 1. The van der Waals surface area contributed by atoms with E-state index in [2.05, 4.69) is 5.32 Å². The first kappa shape index (κ1) is 21.8. The topological polar surface area (TPSA) is 136 Å². The van der Waals surface area contributed by atoms with Gasteiger partial charge in [0, 0.05) is 30.3 Å². The molecular formula is C23H18FN3O6. The number of nitrogens with one attached hydrogen (secondary N) is 1. The molecule has 10 heteroatoms. The van der Waals surface area contributed by atoms with Gasteiger partial charge in [-0.2, -0.15) is 0 Å². The van der Waals surface area contributed by atoms with E-state index in [-0.39, 0.29) is 46.2 Å². The molecule has 0 saturated heterocycles. The Bertz CT molecular complexity index is 1390. The zero-order valence-corrected chi connectivity index (χ0v) is 17.3. The highest BCUT2D eigenvalue weighted by molar-refractivity contribution is 6.11. The van der Waals surface area contributed by atoms with Crippen LogP contribution in [0.4, 0.5) is 14.9 Å². The van der Waals surface area contributed by atoms with Crippen molar-refractivity contribution in [1.29, 1.82) is 0 Å². The second-order valence-electron chi connectivity index (χ2n) is 7.17. The van der Waals surface area contributed by atoms with E-state index in [4.69, 9.17) is 14.9 Å². The lowest BCUT2D eigenvalue weighted by atomic mass is 10.0. The molecule has 4 rings (SSSR count). The Hall–Kier alpha value is -4.44. The van der Waals surface area contributed by atoms with Gasteiger partial charge >= 0.3 is 6.09 Å². The Kier molecular flexibility index (Phi) is 5.67. The van der Waals surface area contributed by atoms with E-state index in [1.807, 2.05) is 0 Å². The number of halogens is 1. The summed E-state index contributed by atoms with van der Waals surface area (Å²) < 4.78 is 26.5. The summed E-state index contributed by atoms with van der Waals surface area (Å²) in [7, 11) is 0. The maximum atomic E-state index is 15.2. The third-order valence-corrected chi connectivity index (χ3v) is 4.96. The number of amides is 2. The Morgan fingerprint density at radius 1 is 1.21 bits per heavy atom. The van der Waals surface area contributed by atoms with E-state index in [1.54, 1.807) is 6.07 Å². The third-order valence-electron chi connectivity index (χ3n) is 4.96. The molecule has 4 N–H and O–H groups in total. The number of aromatic nitrogens is 1. The predicted octanol–water partition coefficient (Wildman–Crippen LogP) is 3.74. The number of ether oxygens (including phenoxy) is 1. The number of carbonyl (C=O) groups is 3. The van der Waals surface area contributed by atoms with Gasteiger partial charge in [0.1, 0.15) is 5.75 Å². The van der Waals surface area contributed by atoms with Gasteiger partial charge in [-0.25, -0.2) is 9.18 Å². The van der Waals surface area contributed by atoms with Crippen molar-refractivity contribution < 1.29 is 33.0 Å². The smallest absolute Gasteiger partial charge is 0.409 e. The first-order chi connectivity index (χ1) is 15.8. The zero-order valence-electron chi connectivity index (χ0n) is 17.3. The average molecular weight is 451 g/mol. The van der Waals surface area contributed by atoms with Crippen LogP contribution in [0.3, 0.4) is 0 Å². The van der Waals surface area contributed by atoms with Gasteiger partial charge in [0.05, 0.1) is 41.6 Å². The molecule has 0 spiro atoms. The van der Waals surface area contributed by atoms with Gasteiger partial charge in [0.2, 0.25) is 0 Å². The van der Waals surface area contributed by atoms with Crippen LogP contribution < -0.4 is 15.8 Å². The van der Waals surface area contributed by atoms with E-state index in [1.165, 1.54) is 60.4 Å². The SMILES string of the molecule is CC(=O)c1cc(C(=O)Nc2cc(CO)cc(-c3ccoc3)c2F)c2cc(OC(N)=O)ccn12. The lowest BCUT2D eigenvalue weighted by Crippen LogP contribution is -2.16. The summed E-state index contributed by atoms with van der Waals surface area (Å²) in [4.78, 5) is 36.3. The van der Waals surface area contributed by atoms with Gasteiger partial charge in [-0.05, 0) is 35.9 Å². The summed E-state index contributed by atoms with van der Waals surface area (Å²) in [6.45, 7) is 0.949. The molecule has 168 valence electrons. The second kappa shape index (κ2) is 8.60. The summed E-state index contributed by atoms with van der Waals surface area (Å²) >= 11 is 0. The summed E-state index contributed by atoms with van der Waals surface area (Å²) in [5.41, 5.74) is 6.29. The normalized spacial score (nSPS) is 10.9. The number of pyridine rings is 1. The monoisotopic (exact) mass is 451 g/mol. The minimum absolute atomic E-state index is 0.0359. The summed E-state index contributed by atoms with van der Waals surface area (Å²) in [5.74, 6) is -1.70. The molecule has 0 radical (unpaired) electrons. The quantitative estimate of drug-likeness (QED) is 0.382. The fraction of sp³-hybridized carbons (Fsp3) is 0.0870. The number of furan rings is 1. The Morgan fingerprint density at radius 3 is 2.64 bits per heavy atom. The van der Waals surface area contributed by atoms with Crippen LogP contribution in [0.1, 0.15) is 33.3 Å². The fourth-order valence-electron chi connectivity index (χ4n) is 3.50. The predicted molar refractivity (Wildman–Crippen MR) is 116 cm³/mol. The number of carbonyl (C=O) groups excluding carboxylic acids is 3. The second-order valence-corrected chi connectivity index (χ2v) is 7.17. The molecule has 3 aromatic heterocycles. The van der Waals surface area contributed by atoms with Crippen LogP contribution in [0.15, 0.2) is 59.5 Å². The molecule has 0 atom stereocenters. The minimum atomic E-state index is -1.04. The first-order valence-electron chi connectivity index (χ1n) is 9.69. The summed E-state index contributed by atoms with van der Waals surface area (Å²) in [5, 5.41) is 12.1. The molecule has 33 heavy (non-hydrogen) atoms. The van der Waals surface area contributed by atoms with Crippen LogP contribution in [-0.4, -0.2) is 27.3 Å². The number of rotatable bonds is 6. The maximum Gasteiger partial charge on any atom is 0.409 e. The lowest BCUT2D eigenvalue weighted by molar-refractivity contribution is 0.101. The molecule has 9 nitrogen and oxygen atoms in total. The van der Waals surface area contributed by atoms with Crippen molar-refractivity contribution in [2.45, 2.75) is 13.5 Å². The van der Waals surface area contributed by atoms with Crippen LogP contribution in [0.2, 0.25) is 0 Å². The van der Waals surface area contributed by atoms with Crippen molar-refractivity contribution in [3.63, 3.8) is 0 Å². The van der Waals surface area contributed by atoms with Gasteiger partial charge in [-0.1, -0.05) is 0 Å². The Labute approximate surface area is 186 Å². The van der Waals surface area contributed by atoms with E-state index in [0.29, 0.717) is 11.1 Å².